The van der Waals surface area contributed by atoms with E-state index in [0.29, 0.717) is 0 Å². The highest BCUT2D eigenvalue weighted by molar-refractivity contribution is 5.05. The second-order valence-corrected chi connectivity index (χ2v) is 2.01. The molecule has 0 aromatic carbocycles. The number of terminal acetylenes is 1. The maximum atomic E-state index is 12.6. The molecule has 1 aromatic rings. The molecule has 0 aliphatic carbocycles. The summed E-state index contributed by atoms with van der Waals surface area (Å²) in [7, 11) is 0. The molecule has 0 spiro atoms. The first-order valence-electron chi connectivity index (χ1n) is 3.01. The summed E-state index contributed by atoms with van der Waals surface area (Å²) in [5.41, 5.74) is 5.53. The highest BCUT2D eigenvalue weighted by atomic mass is 19.1. The van der Waals surface area contributed by atoms with Crippen LogP contribution >= 0.6 is 0 Å². The van der Waals surface area contributed by atoms with Gasteiger partial charge in [0.25, 0.3) is 5.95 Å². The molecule has 0 aliphatic heterocycles. The van der Waals surface area contributed by atoms with Gasteiger partial charge in [0.1, 0.15) is 5.69 Å². The molecule has 0 aliphatic rings. The van der Waals surface area contributed by atoms with Gasteiger partial charge in [-0.2, -0.15) is 14.7 Å². The van der Waals surface area contributed by atoms with Crippen LogP contribution in [-0.2, 0) is 0 Å². The van der Waals surface area contributed by atoms with E-state index in [1.54, 1.807) is 0 Å². The number of hydrogen-bond donors (Lipinski definition) is 2. The number of aromatic nitrogens is 3. The van der Waals surface area contributed by atoms with Gasteiger partial charge in [-0.15, -0.1) is 17.4 Å². The lowest BCUT2D eigenvalue weighted by Crippen LogP contribution is -2.11. The van der Waals surface area contributed by atoms with E-state index in [-0.39, 0.29) is 12.1 Å². The molecule has 0 radical (unpaired) electrons. The van der Waals surface area contributed by atoms with Crippen molar-refractivity contribution >= 4 is 0 Å². The molecule has 3 N–H and O–H groups in total. The summed E-state index contributed by atoms with van der Waals surface area (Å²) in [6.07, 6.45) is 5.23. The SMILES string of the molecule is C#CCC(N)c1n[nH]nc1F. The number of H-pyrrole nitrogens is 1. The molecule has 11 heavy (non-hydrogen) atoms. The minimum absolute atomic E-state index is 0.0861. The van der Waals surface area contributed by atoms with Crippen LogP contribution in [0.5, 0.6) is 0 Å². The van der Waals surface area contributed by atoms with E-state index >= 15 is 0 Å². The number of nitrogens with zero attached hydrogens (tertiary/aromatic N) is 2. The predicted molar refractivity (Wildman–Crippen MR) is 36.7 cm³/mol. The minimum atomic E-state index is -0.687. The van der Waals surface area contributed by atoms with Gasteiger partial charge in [0.05, 0.1) is 6.04 Å². The summed E-state index contributed by atoms with van der Waals surface area (Å²) in [5, 5.41) is 8.78. The van der Waals surface area contributed by atoms with Crippen molar-refractivity contribution in [3.63, 3.8) is 0 Å². The van der Waals surface area contributed by atoms with Crippen molar-refractivity contribution in [2.24, 2.45) is 5.73 Å². The number of nitrogens with one attached hydrogen (secondary N) is 1. The van der Waals surface area contributed by atoms with Gasteiger partial charge in [-0.05, 0) is 0 Å². The van der Waals surface area contributed by atoms with Crippen LogP contribution in [0.15, 0.2) is 0 Å². The topological polar surface area (TPSA) is 67.6 Å². The molecule has 0 fully saturated rings. The van der Waals surface area contributed by atoms with Gasteiger partial charge in [0.2, 0.25) is 0 Å². The Balaban J connectivity index is 2.77. The molecule has 1 atom stereocenters. The highest BCUT2D eigenvalue weighted by Crippen LogP contribution is 2.11. The summed E-state index contributed by atoms with van der Waals surface area (Å²) in [5.74, 6) is 1.62. The zero-order chi connectivity index (χ0) is 8.27. The van der Waals surface area contributed by atoms with Crippen LogP contribution in [0.1, 0.15) is 18.2 Å². The van der Waals surface area contributed by atoms with Crippen LogP contribution in [0.25, 0.3) is 0 Å². The van der Waals surface area contributed by atoms with Crippen molar-refractivity contribution in [1.82, 2.24) is 15.4 Å². The molecule has 0 saturated heterocycles. The number of halogens is 1. The first-order chi connectivity index (χ1) is 5.25. The molecule has 1 unspecified atom stereocenters. The summed E-state index contributed by atoms with van der Waals surface area (Å²) in [4.78, 5) is 0. The molecule has 0 saturated carbocycles. The van der Waals surface area contributed by atoms with E-state index in [1.165, 1.54) is 0 Å². The largest absolute Gasteiger partial charge is 0.322 e. The van der Waals surface area contributed by atoms with Gasteiger partial charge in [-0.25, -0.2) is 0 Å². The predicted octanol–water partition coefficient (Wildman–Crippen LogP) is -0.0331. The maximum absolute atomic E-state index is 12.6. The molecule has 4 nitrogen and oxygen atoms in total. The molecular weight excluding hydrogens is 147 g/mol. The smallest absolute Gasteiger partial charge is 0.257 e. The zero-order valence-electron chi connectivity index (χ0n) is 5.71. The molecule has 58 valence electrons. The first kappa shape index (κ1) is 7.69. The molecule has 0 amide bonds. The molecule has 0 bridgehead atoms. The second-order valence-electron chi connectivity index (χ2n) is 2.01. The van der Waals surface area contributed by atoms with E-state index in [9.17, 15) is 4.39 Å². The summed E-state index contributed by atoms with van der Waals surface area (Å²) in [6, 6.07) is -0.571. The second kappa shape index (κ2) is 3.12. The normalized spacial score (nSPS) is 12.5. The number of hydrogen-bond acceptors (Lipinski definition) is 3. The Morgan fingerprint density at radius 3 is 2.91 bits per heavy atom. The van der Waals surface area contributed by atoms with Crippen molar-refractivity contribution in [2.75, 3.05) is 0 Å². The van der Waals surface area contributed by atoms with Crippen molar-refractivity contribution < 1.29 is 4.39 Å². The Kier molecular flexibility index (Phi) is 2.18. The Morgan fingerprint density at radius 1 is 1.73 bits per heavy atom. The Hall–Kier alpha value is -1.41. The van der Waals surface area contributed by atoms with E-state index < -0.39 is 12.0 Å². The zero-order valence-corrected chi connectivity index (χ0v) is 5.71. The van der Waals surface area contributed by atoms with Crippen LogP contribution in [0, 0.1) is 18.3 Å². The van der Waals surface area contributed by atoms with E-state index in [0.717, 1.165) is 0 Å². The van der Waals surface area contributed by atoms with E-state index in [4.69, 9.17) is 12.2 Å². The van der Waals surface area contributed by atoms with Crippen molar-refractivity contribution in [2.45, 2.75) is 12.5 Å². The van der Waals surface area contributed by atoms with Crippen LogP contribution < -0.4 is 5.73 Å². The molecule has 1 aromatic heterocycles. The fraction of sp³-hybridized carbons (Fsp3) is 0.333. The molecule has 1 heterocycles. The third-order valence-corrected chi connectivity index (χ3v) is 1.22. The highest BCUT2D eigenvalue weighted by Gasteiger charge is 2.13. The quantitative estimate of drug-likeness (QED) is 0.587. The average molecular weight is 154 g/mol. The van der Waals surface area contributed by atoms with E-state index in [1.807, 2.05) is 0 Å². The lowest BCUT2D eigenvalue weighted by atomic mass is 10.2. The van der Waals surface area contributed by atoms with Crippen molar-refractivity contribution in [3.8, 4) is 12.3 Å². The van der Waals surface area contributed by atoms with Gasteiger partial charge in [-0.1, -0.05) is 0 Å². The lowest BCUT2D eigenvalue weighted by molar-refractivity contribution is 0.548. The van der Waals surface area contributed by atoms with Gasteiger partial charge in [0, 0.05) is 6.42 Å². The van der Waals surface area contributed by atoms with Crippen LogP contribution in [0.2, 0.25) is 0 Å². The fourth-order valence-electron chi connectivity index (χ4n) is 0.686. The van der Waals surface area contributed by atoms with Crippen LogP contribution in [-0.4, -0.2) is 15.4 Å². The summed E-state index contributed by atoms with van der Waals surface area (Å²) in [6.45, 7) is 0. The first-order valence-corrected chi connectivity index (χ1v) is 3.01. The van der Waals surface area contributed by atoms with Gasteiger partial charge >= 0.3 is 0 Å². The third kappa shape index (κ3) is 1.53. The monoisotopic (exact) mass is 154 g/mol. The number of aromatic amines is 1. The standard InChI is InChI=1S/C6H7FN4/c1-2-3-4(8)5-6(7)10-11-9-5/h1,4H,3,8H2,(H,9,10,11). The van der Waals surface area contributed by atoms with Gasteiger partial charge < -0.3 is 5.73 Å². The Labute approximate surface area is 63.0 Å². The lowest BCUT2D eigenvalue weighted by Gasteiger charge is -2.00. The average Bonchev–Trinajstić information content (AvgIpc) is 2.36. The van der Waals surface area contributed by atoms with Crippen molar-refractivity contribution in [1.29, 1.82) is 0 Å². The fourth-order valence-corrected chi connectivity index (χ4v) is 0.686. The Bertz CT molecular complexity index is 274. The van der Waals surface area contributed by atoms with Gasteiger partial charge in [-0.3, -0.25) is 0 Å². The summed E-state index contributed by atoms with van der Waals surface area (Å²) >= 11 is 0. The van der Waals surface area contributed by atoms with Crippen LogP contribution in [0.4, 0.5) is 4.39 Å². The Morgan fingerprint density at radius 2 is 2.45 bits per heavy atom. The summed E-state index contributed by atoms with van der Waals surface area (Å²) < 4.78 is 12.6. The number of nitrogens with two attached hydrogens (primary N) is 1. The van der Waals surface area contributed by atoms with Crippen molar-refractivity contribution in [3.05, 3.63) is 11.6 Å². The molecule has 5 heteroatoms. The molecular formula is C6H7FN4. The molecule has 1 rings (SSSR count). The van der Waals surface area contributed by atoms with Gasteiger partial charge in [0.15, 0.2) is 0 Å². The number of rotatable bonds is 2. The van der Waals surface area contributed by atoms with Crippen LogP contribution in [0.3, 0.4) is 0 Å². The van der Waals surface area contributed by atoms with E-state index in [2.05, 4.69) is 21.3 Å². The maximum Gasteiger partial charge on any atom is 0.257 e. The third-order valence-electron chi connectivity index (χ3n) is 1.22. The minimum Gasteiger partial charge on any atom is -0.322 e.